The Labute approximate surface area is 111 Å². The molecule has 0 amide bonds. The zero-order chi connectivity index (χ0) is 13.2. The van der Waals surface area contributed by atoms with Crippen molar-refractivity contribution in [1.29, 1.82) is 0 Å². The average Bonchev–Trinajstić information content (AvgIpc) is 2.79. The minimum Gasteiger partial charge on any atom is -0.377 e. The van der Waals surface area contributed by atoms with Crippen LogP contribution in [0.5, 0.6) is 0 Å². The highest BCUT2D eigenvalue weighted by atomic mass is 16.5. The van der Waals surface area contributed by atoms with Gasteiger partial charge in [0.25, 0.3) is 0 Å². The molecular formula is C12H18N6O. The lowest BCUT2D eigenvalue weighted by atomic mass is 10.3. The van der Waals surface area contributed by atoms with Gasteiger partial charge in [-0.25, -0.2) is 4.98 Å². The molecule has 0 radical (unpaired) electrons. The molecular weight excluding hydrogens is 244 g/mol. The van der Waals surface area contributed by atoms with Gasteiger partial charge in [-0.15, -0.1) is 0 Å². The lowest BCUT2D eigenvalue weighted by Crippen LogP contribution is -2.31. The number of hydrogen-bond donors (Lipinski definition) is 2. The number of fused-ring (bicyclic) bond motifs is 1. The molecule has 3 heterocycles. The second kappa shape index (κ2) is 5.00. The van der Waals surface area contributed by atoms with Crippen molar-refractivity contribution in [2.75, 3.05) is 37.0 Å². The average molecular weight is 262 g/mol. The lowest BCUT2D eigenvalue weighted by Gasteiger charge is -2.23. The monoisotopic (exact) mass is 262 g/mol. The van der Waals surface area contributed by atoms with Gasteiger partial charge >= 0.3 is 0 Å². The fraction of sp³-hybridized carbons (Fsp3) is 0.583. The fourth-order valence-corrected chi connectivity index (χ4v) is 2.35. The maximum absolute atomic E-state index is 5.68. The Hall–Kier alpha value is -1.89. The van der Waals surface area contributed by atoms with Gasteiger partial charge in [-0.1, -0.05) is 0 Å². The summed E-state index contributed by atoms with van der Waals surface area (Å²) < 4.78 is 5.68. The second-order valence-corrected chi connectivity index (χ2v) is 4.70. The molecule has 19 heavy (non-hydrogen) atoms. The van der Waals surface area contributed by atoms with Crippen molar-refractivity contribution in [1.82, 2.24) is 19.9 Å². The van der Waals surface area contributed by atoms with E-state index in [1.807, 2.05) is 7.05 Å². The van der Waals surface area contributed by atoms with Gasteiger partial charge in [-0.3, -0.25) is 0 Å². The van der Waals surface area contributed by atoms with Crippen LogP contribution in [-0.4, -0.2) is 52.8 Å². The molecule has 0 aliphatic carbocycles. The Kier molecular flexibility index (Phi) is 3.20. The van der Waals surface area contributed by atoms with E-state index in [0.29, 0.717) is 11.6 Å². The Balaban J connectivity index is 2.04. The Morgan fingerprint density at radius 3 is 3.21 bits per heavy atom. The smallest absolute Gasteiger partial charge is 0.226 e. The summed E-state index contributed by atoms with van der Waals surface area (Å²) in [5.41, 5.74) is 1.57. The van der Waals surface area contributed by atoms with Crippen LogP contribution in [0.1, 0.15) is 13.3 Å². The number of nitrogens with zero attached hydrogens (tertiary/aromatic N) is 4. The molecule has 0 saturated carbocycles. The predicted octanol–water partition coefficient (Wildman–Crippen LogP) is 1.01. The van der Waals surface area contributed by atoms with Gasteiger partial charge in [0.2, 0.25) is 5.95 Å². The molecule has 0 spiro atoms. The second-order valence-electron chi connectivity index (χ2n) is 4.70. The highest BCUT2D eigenvalue weighted by Crippen LogP contribution is 2.24. The summed E-state index contributed by atoms with van der Waals surface area (Å²) >= 11 is 0. The number of H-pyrrole nitrogens is 1. The summed E-state index contributed by atoms with van der Waals surface area (Å²) in [6.45, 7) is 4.64. The highest BCUT2D eigenvalue weighted by Gasteiger charge is 2.20. The predicted molar refractivity (Wildman–Crippen MR) is 73.5 cm³/mol. The zero-order valence-electron chi connectivity index (χ0n) is 11.2. The van der Waals surface area contributed by atoms with Crippen molar-refractivity contribution in [3.05, 3.63) is 6.33 Å². The van der Waals surface area contributed by atoms with Crippen LogP contribution in [0.2, 0.25) is 0 Å². The van der Waals surface area contributed by atoms with E-state index in [4.69, 9.17) is 4.74 Å². The summed E-state index contributed by atoms with van der Waals surface area (Å²) in [5.74, 6) is 1.48. The van der Waals surface area contributed by atoms with Crippen molar-refractivity contribution >= 4 is 22.9 Å². The third-order valence-corrected chi connectivity index (χ3v) is 3.24. The van der Waals surface area contributed by atoms with E-state index in [0.717, 1.165) is 37.5 Å². The molecule has 1 unspecified atom stereocenters. The maximum Gasteiger partial charge on any atom is 0.226 e. The van der Waals surface area contributed by atoms with Crippen LogP contribution in [0.3, 0.4) is 0 Å². The van der Waals surface area contributed by atoms with Crippen molar-refractivity contribution in [2.24, 2.45) is 0 Å². The molecule has 2 aromatic heterocycles. The van der Waals surface area contributed by atoms with Crippen LogP contribution in [0.4, 0.5) is 11.8 Å². The van der Waals surface area contributed by atoms with E-state index in [1.165, 1.54) is 0 Å². The molecule has 3 rings (SSSR count). The number of anilines is 2. The first kappa shape index (κ1) is 12.2. The Bertz CT molecular complexity index is 568. The normalized spacial score (nSPS) is 20.5. The molecule has 1 aliphatic rings. The number of aromatic nitrogens is 4. The molecule has 1 saturated heterocycles. The topological polar surface area (TPSA) is 79.0 Å². The van der Waals surface area contributed by atoms with Crippen LogP contribution < -0.4 is 10.2 Å². The van der Waals surface area contributed by atoms with Crippen LogP contribution in [-0.2, 0) is 4.74 Å². The van der Waals surface area contributed by atoms with E-state index in [1.54, 1.807) is 6.33 Å². The SMILES string of the molecule is CNc1nc(N2CCCOC(C)C2)c2[nH]cnc2n1. The third kappa shape index (κ3) is 2.33. The van der Waals surface area contributed by atoms with Crippen LogP contribution in [0.25, 0.3) is 11.2 Å². The van der Waals surface area contributed by atoms with Crippen molar-refractivity contribution < 1.29 is 4.74 Å². The largest absolute Gasteiger partial charge is 0.377 e. The molecule has 0 bridgehead atoms. The molecule has 7 heteroatoms. The van der Waals surface area contributed by atoms with Crippen LogP contribution >= 0.6 is 0 Å². The van der Waals surface area contributed by atoms with Crippen molar-refractivity contribution in [3.8, 4) is 0 Å². The highest BCUT2D eigenvalue weighted by molar-refractivity contribution is 5.84. The van der Waals surface area contributed by atoms with Gasteiger partial charge in [-0.2, -0.15) is 9.97 Å². The number of ether oxygens (including phenoxy) is 1. The first-order chi connectivity index (χ1) is 9.28. The summed E-state index contributed by atoms with van der Waals surface area (Å²) in [6, 6.07) is 0. The van der Waals surface area contributed by atoms with Crippen LogP contribution in [0, 0.1) is 0 Å². The summed E-state index contributed by atoms with van der Waals surface area (Å²) in [7, 11) is 1.81. The molecule has 1 fully saturated rings. The summed E-state index contributed by atoms with van der Waals surface area (Å²) in [6.07, 6.45) is 2.85. The first-order valence-electron chi connectivity index (χ1n) is 6.53. The zero-order valence-corrected chi connectivity index (χ0v) is 11.2. The van der Waals surface area contributed by atoms with Gasteiger partial charge < -0.3 is 19.9 Å². The standard InChI is InChI=1S/C12H18N6O/c1-8-6-18(4-3-5-19-8)11-9-10(15-7-14-9)16-12(13-2)17-11/h7-8H,3-6H2,1-2H3,(H2,13,14,15,16,17). The van der Waals surface area contributed by atoms with E-state index in [2.05, 4.69) is 37.1 Å². The summed E-state index contributed by atoms with van der Waals surface area (Å²) in [5, 5.41) is 2.98. The number of rotatable bonds is 2. The van der Waals surface area contributed by atoms with Gasteiger partial charge in [0.05, 0.1) is 12.4 Å². The summed E-state index contributed by atoms with van der Waals surface area (Å²) in [4.78, 5) is 18.5. The van der Waals surface area contributed by atoms with Crippen molar-refractivity contribution in [3.63, 3.8) is 0 Å². The number of hydrogen-bond acceptors (Lipinski definition) is 6. The third-order valence-electron chi connectivity index (χ3n) is 3.24. The molecule has 1 atom stereocenters. The van der Waals surface area contributed by atoms with E-state index in [-0.39, 0.29) is 6.10 Å². The molecule has 102 valence electrons. The number of nitrogens with one attached hydrogen (secondary N) is 2. The van der Waals surface area contributed by atoms with E-state index in [9.17, 15) is 0 Å². The minimum absolute atomic E-state index is 0.202. The van der Waals surface area contributed by atoms with Gasteiger partial charge in [0.15, 0.2) is 11.5 Å². The molecule has 2 aromatic rings. The Morgan fingerprint density at radius 2 is 2.37 bits per heavy atom. The first-order valence-corrected chi connectivity index (χ1v) is 6.53. The van der Waals surface area contributed by atoms with Gasteiger partial charge in [0.1, 0.15) is 5.52 Å². The molecule has 7 nitrogen and oxygen atoms in total. The maximum atomic E-state index is 5.68. The molecule has 0 aromatic carbocycles. The molecule has 1 aliphatic heterocycles. The number of aromatic amines is 1. The van der Waals surface area contributed by atoms with E-state index >= 15 is 0 Å². The van der Waals surface area contributed by atoms with Crippen molar-refractivity contribution in [2.45, 2.75) is 19.4 Å². The van der Waals surface area contributed by atoms with Gasteiger partial charge in [0, 0.05) is 26.7 Å². The number of imidazole rings is 1. The van der Waals surface area contributed by atoms with E-state index < -0.39 is 0 Å². The fourth-order valence-electron chi connectivity index (χ4n) is 2.35. The lowest BCUT2D eigenvalue weighted by molar-refractivity contribution is 0.0820. The van der Waals surface area contributed by atoms with Gasteiger partial charge in [-0.05, 0) is 13.3 Å². The molecule has 2 N–H and O–H groups in total. The quantitative estimate of drug-likeness (QED) is 0.841. The Morgan fingerprint density at radius 1 is 1.47 bits per heavy atom. The van der Waals surface area contributed by atoms with Crippen LogP contribution in [0.15, 0.2) is 6.33 Å². The minimum atomic E-state index is 0.202.